The van der Waals surface area contributed by atoms with Crippen molar-refractivity contribution in [1.29, 1.82) is 0 Å². The lowest BCUT2D eigenvalue weighted by atomic mass is 9.97. The number of carbonyl (C=O) groups excluding carboxylic acids is 1. The molecule has 0 saturated heterocycles. The van der Waals surface area contributed by atoms with Gasteiger partial charge in [-0.3, -0.25) is 4.79 Å². The van der Waals surface area contributed by atoms with Gasteiger partial charge in [0, 0.05) is 6.42 Å². The zero-order valence-electron chi connectivity index (χ0n) is 16.1. The quantitative estimate of drug-likeness (QED) is 0.699. The molecule has 2 aromatic carbocycles. The molecule has 0 bridgehead atoms. The van der Waals surface area contributed by atoms with Gasteiger partial charge in [0.1, 0.15) is 0 Å². The Labute approximate surface area is 156 Å². The van der Waals surface area contributed by atoms with E-state index in [1.807, 2.05) is 57.2 Å². The fourth-order valence-corrected chi connectivity index (χ4v) is 2.90. The Kier molecular flexibility index (Phi) is 7.52. The van der Waals surface area contributed by atoms with Crippen LogP contribution in [-0.4, -0.2) is 19.1 Å². The molecule has 2 rings (SSSR count). The number of ether oxygens (including phenoxy) is 2. The number of benzene rings is 2. The van der Waals surface area contributed by atoms with E-state index >= 15 is 0 Å². The highest BCUT2D eigenvalue weighted by atomic mass is 16.5. The molecule has 1 N–H and O–H groups in total. The lowest BCUT2D eigenvalue weighted by Crippen LogP contribution is -2.27. The van der Waals surface area contributed by atoms with E-state index in [9.17, 15) is 4.79 Å². The van der Waals surface area contributed by atoms with Crippen LogP contribution in [0.15, 0.2) is 48.5 Å². The molecule has 0 fully saturated rings. The Bertz CT molecular complexity index is 700. The van der Waals surface area contributed by atoms with Crippen molar-refractivity contribution >= 4 is 5.91 Å². The van der Waals surface area contributed by atoms with E-state index in [-0.39, 0.29) is 17.9 Å². The molecule has 0 aliphatic heterocycles. The Hall–Kier alpha value is -2.49. The number of amides is 1. The van der Waals surface area contributed by atoms with E-state index < -0.39 is 0 Å². The molecule has 2 atom stereocenters. The number of hydrogen-bond donors (Lipinski definition) is 1. The zero-order chi connectivity index (χ0) is 18.9. The molecule has 2 aromatic rings. The third-order valence-corrected chi connectivity index (χ3v) is 4.31. The smallest absolute Gasteiger partial charge is 0.221 e. The summed E-state index contributed by atoms with van der Waals surface area (Å²) in [7, 11) is 0. The first-order valence-corrected chi connectivity index (χ1v) is 9.29. The van der Waals surface area contributed by atoms with Gasteiger partial charge in [0.2, 0.25) is 5.91 Å². The maximum absolute atomic E-state index is 12.4. The second-order valence-corrected chi connectivity index (χ2v) is 6.38. The standard InChI is InChI=1S/C22H29NO3/c1-5-25-20-13-12-19(15-21(20)26-6-2)17(4)23-22(24)14-16(3)18-10-8-7-9-11-18/h7-13,15-17H,5-6,14H2,1-4H3,(H,23,24). The average molecular weight is 355 g/mol. The molecule has 1 amide bonds. The fraction of sp³-hybridized carbons (Fsp3) is 0.409. The van der Waals surface area contributed by atoms with Gasteiger partial charge in [-0.15, -0.1) is 0 Å². The van der Waals surface area contributed by atoms with Crippen LogP contribution in [0.3, 0.4) is 0 Å². The molecule has 0 aromatic heterocycles. The van der Waals surface area contributed by atoms with Gasteiger partial charge < -0.3 is 14.8 Å². The topological polar surface area (TPSA) is 47.6 Å². The van der Waals surface area contributed by atoms with Crippen LogP contribution in [0, 0.1) is 0 Å². The molecule has 2 unspecified atom stereocenters. The summed E-state index contributed by atoms with van der Waals surface area (Å²) in [5, 5.41) is 3.08. The van der Waals surface area contributed by atoms with Crippen LogP contribution in [0.1, 0.15) is 57.2 Å². The molecule has 4 nitrogen and oxygen atoms in total. The van der Waals surface area contributed by atoms with E-state index in [0.717, 1.165) is 11.3 Å². The van der Waals surface area contributed by atoms with Crippen LogP contribution < -0.4 is 14.8 Å². The largest absolute Gasteiger partial charge is 0.490 e. The predicted octanol–water partition coefficient (Wildman–Crippen LogP) is 4.86. The molecule has 0 spiro atoms. The molecule has 0 aliphatic carbocycles. The molecule has 140 valence electrons. The normalized spacial score (nSPS) is 12.9. The number of rotatable bonds is 9. The van der Waals surface area contributed by atoms with Crippen molar-refractivity contribution < 1.29 is 14.3 Å². The highest BCUT2D eigenvalue weighted by molar-refractivity contribution is 5.77. The van der Waals surface area contributed by atoms with Gasteiger partial charge in [-0.05, 0) is 49.9 Å². The van der Waals surface area contributed by atoms with Crippen LogP contribution in [0.25, 0.3) is 0 Å². The summed E-state index contributed by atoms with van der Waals surface area (Å²) in [6.45, 7) is 9.10. The summed E-state index contributed by atoms with van der Waals surface area (Å²) >= 11 is 0. The number of hydrogen-bond acceptors (Lipinski definition) is 3. The summed E-state index contributed by atoms with van der Waals surface area (Å²) in [5.74, 6) is 1.67. The van der Waals surface area contributed by atoms with Crippen LogP contribution >= 0.6 is 0 Å². The van der Waals surface area contributed by atoms with Gasteiger partial charge in [0.25, 0.3) is 0 Å². The molecular weight excluding hydrogens is 326 g/mol. The third-order valence-electron chi connectivity index (χ3n) is 4.31. The van der Waals surface area contributed by atoms with Gasteiger partial charge in [-0.1, -0.05) is 43.3 Å². The van der Waals surface area contributed by atoms with Gasteiger partial charge in [0.05, 0.1) is 19.3 Å². The van der Waals surface area contributed by atoms with Gasteiger partial charge >= 0.3 is 0 Å². The number of nitrogens with one attached hydrogen (secondary N) is 1. The van der Waals surface area contributed by atoms with Gasteiger partial charge in [-0.25, -0.2) is 0 Å². The van der Waals surface area contributed by atoms with E-state index in [0.29, 0.717) is 25.4 Å². The first-order valence-electron chi connectivity index (χ1n) is 9.29. The predicted molar refractivity (Wildman–Crippen MR) is 105 cm³/mol. The van der Waals surface area contributed by atoms with E-state index in [1.54, 1.807) is 0 Å². The summed E-state index contributed by atoms with van der Waals surface area (Å²) in [6.07, 6.45) is 0.462. The van der Waals surface area contributed by atoms with Crippen LogP contribution in [-0.2, 0) is 4.79 Å². The fourth-order valence-electron chi connectivity index (χ4n) is 2.90. The van der Waals surface area contributed by atoms with Crippen molar-refractivity contribution in [3.05, 3.63) is 59.7 Å². The second kappa shape index (κ2) is 9.85. The lowest BCUT2D eigenvalue weighted by Gasteiger charge is -2.19. The minimum Gasteiger partial charge on any atom is -0.490 e. The molecule has 0 heterocycles. The molecule has 0 saturated carbocycles. The number of carbonyl (C=O) groups is 1. The van der Waals surface area contributed by atoms with Crippen molar-refractivity contribution in [2.45, 2.75) is 46.1 Å². The van der Waals surface area contributed by atoms with Crippen molar-refractivity contribution in [3.63, 3.8) is 0 Å². The molecule has 4 heteroatoms. The molecule has 26 heavy (non-hydrogen) atoms. The minimum absolute atomic E-state index is 0.0423. The van der Waals surface area contributed by atoms with Crippen molar-refractivity contribution in [1.82, 2.24) is 5.32 Å². The Morgan fingerprint density at radius 3 is 2.23 bits per heavy atom. The summed E-state index contributed by atoms with van der Waals surface area (Å²) < 4.78 is 11.3. The van der Waals surface area contributed by atoms with Crippen LogP contribution in [0.2, 0.25) is 0 Å². The highest BCUT2D eigenvalue weighted by Crippen LogP contribution is 2.31. The second-order valence-electron chi connectivity index (χ2n) is 6.38. The SMILES string of the molecule is CCOc1ccc(C(C)NC(=O)CC(C)c2ccccc2)cc1OCC. The molecule has 0 aliphatic rings. The lowest BCUT2D eigenvalue weighted by molar-refractivity contribution is -0.122. The highest BCUT2D eigenvalue weighted by Gasteiger charge is 2.16. The Morgan fingerprint density at radius 1 is 0.923 bits per heavy atom. The Morgan fingerprint density at radius 2 is 1.58 bits per heavy atom. The Balaban J connectivity index is 2.00. The maximum Gasteiger partial charge on any atom is 0.221 e. The van der Waals surface area contributed by atoms with Crippen LogP contribution in [0.5, 0.6) is 11.5 Å². The van der Waals surface area contributed by atoms with Crippen molar-refractivity contribution in [2.24, 2.45) is 0 Å². The van der Waals surface area contributed by atoms with Crippen molar-refractivity contribution in [2.75, 3.05) is 13.2 Å². The van der Waals surface area contributed by atoms with Gasteiger partial charge in [0.15, 0.2) is 11.5 Å². The summed E-state index contributed by atoms with van der Waals surface area (Å²) in [6, 6.07) is 15.8. The third kappa shape index (κ3) is 5.51. The van der Waals surface area contributed by atoms with Crippen LogP contribution in [0.4, 0.5) is 0 Å². The van der Waals surface area contributed by atoms with Gasteiger partial charge in [-0.2, -0.15) is 0 Å². The molecular formula is C22H29NO3. The van der Waals surface area contributed by atoms with E-state index in [2.05, 4.69) is 24.4 Å². The molecule has 0 radical (unpaired) electrons. The minimum atomic E-state index is -0.0969. The summed E-state index contributed by atoms with van der Waals surface area (Å²) in [5.41, 5.74) is 2.17. The first kappa shape index (κ1) is 19.8. The van der Waals surface area contributed by atoms with E-state index in [4.69, 9.17) is 9.47 Å². The maximum atomic E-state index is 12.4. The van der Waals surface area contributed by atoms with E-state index in [1.165, 1.54) is 5.56 Å². The zero-order valence-corrected chi connectivity index (χ0v) is 16.1. The first-order chi connectivity index (χ1) is 12.5. The summed E-state index contributed by atoms with van der Waals surface area (Å²) in [4.78, 5) is 12.4. The average Bonchev–Trinajstić information content (AvgIpc) is 2.64. The monoisotopic (exact) mass is 355 g/mol. The van der Waals surface area contributed by atoms with Crippen molar-refractivity contribution in [3.8, 4) is 11.5 Å².